The molecule has 2 amide bonds. The fourth-order valence-electron chi connectivity index (χ4n) is 2.50. The summed E-state index contributed by atoms with van der Waals surface area (Å²) in [6.45, 7) is 2.42. The lowest BCUT2D eigenvalue weighted by molar-refractivity contribution is -0.120. The van der Waals surface area contributed by atoms with Crippen LogP contribution in [0.5, 0.6) is 0 Å². The van der Waals surface area contributed by atoms with E-state index >= 15 is 0 Å². The number of carbonyl (C=O) groups is 2. The van der Waals surface area contributed by atoms with E-state index in [1.54, 1.807) is 31.6 Å². The van der Waals surface area contributed by atoms with E-state index in [2.05, 4.69) is 25.3 Å². The Kier molecular flexibility index (Phi) is 11.2. The molecule has 1 aromatic heterocycles. The Morgan fingerprint density at radius 1 is 1.26 bits per heavy atom. The first-order chi connectivity index (χ1) is 14.9. The van der Waals surface area contributed by atoms with Gasteiger partial charge in [-0.3, -0.25) is 24.9 Å². The van der Waals surface area contributed by atoms with Gasteiger partial charge < -0.3 is 21.5 Å². The second kappa shape index (κ2) is 13.6. The second-order valence-electron chi connectivity index (χ2n) is 6.34. The van der Waals surface area contributed by atoms with E-state index in [0.29, 0.717) is 25.0 Å². The molecule has 0 spiro atoms. The standard InChI is InChI=1S/C20H29N9O2/c1-4-8-29(18(30)10-22)19(23)16(13-25-3)28-20(31)15-6-5-7-17(27-15)26-12-14(9-21)11-24-2/h5-7,10-14,16,22-23H,4,8-9,21H2,1-3H3,(H,28,31). The highest BCUT2D eigenvalue weighted by molar-refractivity contribution is 6.30. The molecular formula is C20H29N9O2. The summed E-state index contributed by atoms with van der Waals surface area (Å²) in [5, 5.41) is 18.2. The molecule has 0 bridgehead atoms. The van der Waals surface area contributed by atoms with Gasteiger partial charge >= 0.3 is 0 Å². The number of aliphatic imine (C=N–C) groups is 3. The molecule has 0 aliphatic rings. The Balaban J connectivity index is 3.05. The second-order valence-corrected chi connectivity index (χ2v) is 6.34. The molecule has 0 saturated heterocycles. The van der Waals surface area contributed by atoms with Crippen molar-refractivity contribution in [3.8, 4) is 0 Å². The van der Waals surface area contributed by atoms with Gasteiger partial charge in [0.2, 0.25) is 0 Å². The van der Waals surface area contributed by atoms with Gasteiger partial charge in [0.1, 0.15) is 17.6 Å². The highest BCUT2D eigenvalue weighted by Crippen LogP contribution is 2.09. The minimum Gasteiger partial charge on any atom is -0.336 e. The van der Waals surface area contributed by atoms with Crippen LogP contribution >= 0.6 is 0 Å². The van der Waals surface area contributed by atoms with Crippen LogP contribution in [0.3, 0.4) is 0 Å². The molecule has 0 aromatic carbocycles. The molecule has 0 saturated carbocycles. The van der Waals surface area contributed by atoms with Crippen LogP contribution in [0.25, 0.3) is 0 Å². The van der Waals surface area contributed by atoms with Crippen LogP contribution in [0, 0.1) is 16.7 Å². The van der Waals surface area contributed by atoms with Gasteiger partial charge in [0.05, 0.1) is 6.21 Å². The number of rotatable bonds is 11. The molecular weight excluding hydrogens is 398 g/mol. The van der Waals surface area contributed by atoms with Crippen molar-refractivity contribution in [3.05, 3.63) is 23.9 Å². The van der Waals surface area contributed by atoms with Crippen LogP contribution in [-0.2, 0) is 4.79 Å². The molecule has 0 radical (unpaired) electrons. The van der Waals surface area contributed by atoms with Crippen LogP contribution in [0.15, 0.2) is 33.2 Å². The van der Waals surface area contributed by atoms with Gasteiger partial charge in [0.25, 0.3) is 11.8 Å². The fourth-order valence-corrected chi connectivity index (χ4v) is 2.50. The molecule has 5 N–H and O–H groups in total. The lowest BCUT2D eigenvalue weighted by Crippen LogP contribution is -2.51. The van der Waals surface area contributed by atoms with Gasteiger partial charge in [-0.05, 0) is 18.6 Å². The van der Waals surface area contributed by atoms with Gasteiger partial charge in [-0.1, -0.05) is 13.0 Å². The molecule has 1 aromatic rings. The van der Waals surface area contributed by atoms with E-state index in [1.165, 1.54) is 19.3 Å². The number of amidine groups is 1. The maximum absolute atomic E-state index is 12.7. The Labute approximate surface area is 181 Å². The van der Waals surface area contributed by atoms with Gasteiger partial charge in [-0.25, -0.2) is 9.98 Å². The van der Waals surface area contributed by atoms with Crippen molar-refractivity contribution in [2.75, 3.05) is 27.2 Å². The zero-order valence-corrected chi connectivity index (χ0v) is 17.9. The molecule has 0 fully saturated rings. The normalized spacial score (nSPS) is 13.4. The molecule has 11 nitrogen and oxygen atoms in total. The van der Waals surface area contributed by atoms with Gasteiger partial charge in [0.15, 0.2) is 5.82 Å². The quantitative estimate of drug-likeness (QED) is 0.301. The number of hydrogen-bond donors (Lipinski definition) is 4. The van der Waals surface area contributed by atoms with Crippen LogP contribution in [-0.4, -0.2) is 85.6 Å². The first-order valence-electron chi connectivity index (χ1n) is 9.68. The molecule has 11 heteroatoms. The lowest BCUT2D eigenvalue weighted by Gasteiger charge is -2.25. The summed E-state index contributed by atoms with van der Waals surface area (Å²) < 4.78 is 0. The number of nitrogens with one attached hydrogen (secondary N) is 3. The van der Waals surface area contributed by atoms with E-state index in [-0.39, 0.29) is 24.0 Å². The van der Waals surface area contributed by atoms with Crippen molar-refractivity contribution in [2.24, 2.45) is 26.6 Å². The smallest absolute Gasteiger partial charge is 0.270 e. The van der Waals surface area contributed by atoms with E-state index < -0.39 is 17.9 Å². The van der Waals surface area contributed by atoms with Gasteiger partial charge in [-0.15, -0.1) is 0 Å². The van der Waals surface area contributed by atoms with E-state index in [9.17, 15) is 9.59 Å². The third-order valence-corrected chi connectivity index (χ3v) is 3.98. The van der Waals surface area contributed by atoms with Gasteiger partial charge in [-0.2, -0.15) is 0 Å². The highest BCUT2D eigenvalue weighted by atomic mass is 16.2. The molecule has 0 aliphatic carbocycles. The average molecular weight is 428 g/mol. The summed E-state index contributed by atoms with van der Waals surface area (Å²) in [7, 11) is 3.14. The molecule has 31 heavy (non-hydrogen) atoms. The van der Waals surface area contributed by atoms with Crippen molar-refractivity contribution >= 4 is 48.3 Å². The summed E-state index contributed by atoms with van der Waals surface area (Å²) in [6.07, 6.45) is 5.83. The minimum absolute atomic E-state index is 0.0887. The number of nitrogens with two attached hydrogens (primary N) is 1. The lowest BCUT2D eigenvalue weighted by atomic mass is 10.2. The topological polar surface area (TPSA) is 173 Å². The predicted octanol–water partition coefficient (Wildman–Crippen LogP) is 0.724. The summed E-state index contributed by atoms with van der Waals surface area (Å²) in [4.78, 5) is 42.1. The average Bonchev–Trinajstić information content (AvgIpc) is 2.79. The minimum atomic E-state index is -0.968. The summed E-state index contributed by atoms with van der Waals surface area (Å²) in [5.74, 6) is -1.22. The number of nitrogens with zero attached hydrogens (tertiary/aromatic N) is 5. The third-order valence-electron chi connectivity index (χ3n) is 3.98. The SMILES string of the molecule is CCCN(C(=N)C(C=NC)NC(=O)c1cccc(N=CC(C=NC)CN)n1)C(=O)C=N. The van der Waals surface area contributed by atoms with Gasteiger partial charge in [0, 0.05) is 51.7 Å². The zero-order chi connectivity index (χ0) is 23.2. The Morgan fingerprint density at radius 3 is 2.55 bits per heavy atom. The van der Waals surface area contributed by atoms with Crippen molar-refractivity contribution in [2.45, 2.75) is 19.4 Å². The van der Waals surface area contributed by atoms with E-state index in [1.807, 2.05) is 6.92 Å². The van der Waals surface area contributed by atoms with Crippen molar-refractivity contribution in [3.63, 3.8) is 0 Å². The van der Waals surface area contributed by atoms with E-state index in [4.69, 9.17) is 16.6 Å². The first-order valence-corrected chi connectivity index (χ1v) is 9.68. The molecule has 1 rings (SSSR count). The maximum atomic E-state index is 12.7. The summed E-state index contributed by atoms with van der Waals surface area (Å²) in [5.41, 5.74) is 5.74. The number of pyridine rings is 1. The molecule has 2 unspecified atom stereocenters. The molecule has 1 heterocycles. The monoisotopic (exact) mass is 427 g/mol. The van der Waals surface area contributed by atoms with Crippen molar-refractivity contribution < 1.29 is 9.59 Å². The summed E-state index contributed by atoms with van der Waals surface area (Å²) >= 11 is 0. The molecule has 0 aliphatic heterocycles. The number of amides is 2. The number of carbonyl (C=O) groups excluding carboxylic acids is 2. The highest BCUT2D eigenvalue weighted by Gasteiger charge is 2.25. The Morgan fingerprint density at radius 2 is 1.97 bits per heavy atom. The first kappa shape index (κ1) is 25.4. The largest absolute Gasteiger partial charge is 0.336 e. The predicted molar refractivity (Wildman–Crippen MR) is 124 cm³/mol. The van der Waals surface area contributed by atoms with Crippen molar-refractivity contribution in [1.29, 1.82) is 10.8 Å². The molecule has 166 valence electrons. The third kappa shape index (κ3) is 7.97. The van der Waals surface area contributed by atoms with Crippen LogP contribution in [0.1, 0.15) is 23.8 Å². The summed E-state index contributed by atoms with van der Waals surface area (Å²) in [6, 6.07) is 3.82. The fraction of sp³-hybridized carbons (Fsp3) is 0.400. The number of hydrogen-bond acceptors (Lipinski definition) is 9. The Bertz CT molecular complexity index is 864. The van der Waals surface area contributed by atoms with E-state index in [0.717, 1.165) is 4.90 Å². The van der Waals surface area contributed by atoms with Crippen molar-refractivity contribution in [1.82, 2.24) is 15.2 Å². The van der Waals surface area contributed by atoms with Crippen LogP contribution in [0.2, 0.25) is 0 Å². The number of aromatic nitrogens is 1. The zero-order valence-electron chi connectivity index (χ0n) is 17.9. The van der Waals surface area contributed by atoms with Crippen LogP contribution in [0.4, 0.5) is 5.82 Å². The van der Waals surface area contributed by atoms with Crippen LogP contribution < -0.4 is 11.1 Å². The maximum Gasteiger partial charge on any atom is 0.270 e. The Hall–Kier alpha value is -3.60. The molecule has 2 atom stereocenters.